The zero-order chi connectivity index (χ0) is 18.6. The molecule has 1 heterocycles. The number of pyridine rings is 1. The second-order valence-corrected chi connectivity index (χ2v) is 7.50. The van der Waals surface area contributed by atoms with Crippen LogP contribution < -0.4 is 14.8 Å². The fourth-order valence-electron chi connectivity index (χ4n) is 2.13. The maximum absolute atomic E-state index is 12.5. The Balaban J connectivity index is 2.34. The highest BCUT2D eigenvalue weighted by atomic mass is 32.2. The minimum atomic E-state index is -3.81. The Morgan fingerprint density at radius 1 is 1.20 bits per heavy atom. The average molecular weight is 363 g/mol. The summed E-state index contributed by atoms with van der Waals surface area (Å²) in [5.41, 5.74) is 1.16. The predicted molar refractivity (Wildman–Crippen MR) is 95.4 cm³/mol. The third kappa shape index (κ3) is 4.77. The zero-order valence-electron chi connectivity index (χ0n) is 14.5. The summed E-state index contributed by atoms with van der Waals surface area (Å²) in [6, 6.07) is 7.44. The lowest BCUT2D eigenvalue weighted by molar-refractivity contribution is 0.102. The Labute approximate surface area is 147 Å². The van der Waals surface area contributed by atoms with Crippen LogP contribution in [-0.4, -0.2) is 32.5 Å². The van der Waals surface area contributed by atoms with Crippen LogP contribution in [0.3, 0.4) is 0 Å². The minimum Gasteiger partial charge on any atom is -0.495 e. The van der Waals surface area contributed by atoms with Crippen molar-refractivity contribution < 1.29 is 17.9 Å². The molecule has 0 saturated carbocycles. The van der Waals surface area contributed by atoms with E-state index >= 15 is 0 Å². The highest BCUT2D eigenvalue weighted by Crippen LogP contribution is 2.25. The van der Waals surface area contributed by atoms with E-state index in [9.17, 15) is 13.2 Å². The topological polar surface area (TPSA) is 97.4 Å². The molecular weight excluding hydrogens is 342 g/mol. The first-order valence-electron chi connectivity index (χ1n) is 7.67. The first-order chi connectivity index (χ1) is 11.7. The smallest absolute Gasteiger partial charge is 0.256 e. The van der Waals surface area contributed by atoms with E-state index in [2.05, 4.69) is 15.0 Å². The summed E-state index contributed by atoms with van der Waals surface area (Å²) in [5.74, 6) is 0.0919. The number of aryl methyl sites for hydroxylation is 1. The maximum atomic E-state index is 12.5. The number of hydrogen-bond donors (Lipinski definition) is 2. The molecule has 1 amide bonds. The minimum absolute atomic E-state index is 0.0896. The lowest BCUT2D eigenvalue weighted by atomic mass is 10.2. The molecule has 1 aromatic heterocycles. The van der Waals surface area contributed by atoms with Crippen LogP contribution in [0, 0.1) is 6.92 Å². The van der Waals surface area contributed by atoms with Crippen LogP contribution in [0.1, 0.15) is 29.8 Å². The van der Waals surface area contributed by atoms with Gasteiger partial charge in [-0.25, -0.2) is 18.1 Å². The number of carbonyl (C=O) groups excluding carboxylic acids is 1. The fourth-order valence-corrected chi connectivity index (χ4v) is 3.58. The summed E-state index contributed by atoms with van der Waals surface area (Å²) in [6.45, 7) is 5.31. The van der Waals surface area contributed by atoms with Gasteiger partial charge in [0.05, 0.1) is 7.11 Å². The van der Waals surface area contributed by atoms with Crippen LogP contribution in [0.5, 0.6) is 5.75 Å². The van der Waals surface area contributed by atoms with Gasteiger partial charge >= 0.3 is 0 Å². The van der Waals surface area contributed by atoms with Crippen molar-refractivity contribution in [3.05, 3.63) is 47.7 Å². The first-order valence-corrected chi connectivity index (χ1v) is 9.15. The SMILES string of the molecule is COc1ccc(C(=O)Nc2ccc(C)cn2)cc1S(=O)(=O)NC(C)C. The summed E-state index contributed by atoms with van der Waals surface area (Å²) in [5, 5.41) is 2.64. The normalized spacial score (nSPS) is 11.4. The molecule has 0 aliphatic rings. The second-order valence-electron chi connectivity index (χ2n) is 5.82. The predicted octanol–water partition coefficient (Wildman–Crippen LogP) is 2.34. The van der Waals surface area contributed by atoms with E-state index < -0.39 is 15.9 Å². The molecule has 8 heteroatoms. The van der Waals surface area contributed by atoms with Crippen molar-refractivity contribution in [3.63, 3.8) is 0 Å². The Morgan fingerprint density at radius 3 is 2.48 bits per heavy atom. The Kier molecular flexibility index (Phi) is 5.76. The summed E-state index contributed by atoms with van der Waals surface area (Å²) in [6.07, 6.45) is 1.63. The number of benzene rings is 1. The van der Waals surface area contributed by atoms with Crippen molar-refractivity contribution in [2.75, 3.05) is 12.4 Å². The van der Waals surface area contributed by atoms with E-state index in [1.807, 2.05) is 13.0 Å². The maximum Gasteiger partial charge on any atom is 0.256 e. The van der Waals surface area contributed by atoms with Gasteiger partial charge in [-0.1, -0.05) is 6.07 Å². The summed E-state index contributed by atoms with van der Waals surface area (Å²) in [4.78, 5) is 16.4. The molecule has 0 spiro atoms. The Hall–Kier alpha value is -2.45. The van der Waals surface area contributed by atoms with Gasteiger partial charge in [0.25, 0.3) is 5.91 Å². The van der Waals surface area contributed by atoms with Crippen molar-refractivity contribution in [3.8, 4) is 5.75 Å². The number of nitrogens with zero attached hydrogens (tertiary/aromatic N) is 1. The number of carbonyl (C=O) groups is 1. The molecule has 2 aromatic rings. The molecule has 7 nitrogen and oxygen atoms in total. The molecule has 25 heavy (non-hydrogen) atoms. The van der Waals surface area contributed by atoms with Crippen molar-refractivity contribution in [2.24, 2.45) is 0 Å². The van der Waals surface area contributed by atoms with Gasteiger partial charge in [-0.3, -0.25) is 4.79 Å². The molecule has 0 fully saturated rings. The van der Waals surface area contributed by atoms with Crippen molar-refractivity contribution in [1.82, 2.24) is 9.71 Å². The van der Waals surface area contributed by atoms with Crippen molar-refractivity contribution >= 4 is 21.7 Å². The van der Waals surface area contributed by atoms with Gasteiger partial charge < -0.3 is 10.1 Å². The lowest BCUT2D eigenvalue weighted by Crippen LogP contribution is -2.30. The van der Waals surface area contributed by atoms with Crippen molar-refractivity contribution in [2.45, 2.75) is 31.7 Å². The van der Waals surface area contributed by atoms with Crippen LogP contribution in [0.2, 0.25) is 0 Å². The Morgan fingerprint density at radius 2 is 1.92 bits per heavy atom. The van der Waals surface area contributed by atoms with Crippen LogP contribution >= 0.6 is 0 Å². The molecule has 0 unspecified atom stereocenters. The average Bonchev–Trinajstić information content (AvgIpc) is 2.55. The number of hydrogen-bond acceptors (Lipinski definition) is 5. The highest BCUT2D eigenvalue weighted by Gasteiger charge is 2.22. The van der Waals surface area contributed by atoms with Gasteiger partial charge in [0.2, 0.25) is 10.0 Å². The summed E-state index contributed by atoms with van der Waals surface area (Å²) >= 11 is 0. The number of sulfonamides is 1. The number of nitrogens with one attached hydrogen (secondary N) is 2. The van der Waals surface area contributed by atoms with Gasteiger partial charge in [0.15, 0.2) is 0 Å². The van der Waals surface area contributed by atoms with Crippen LogP contribution in [-0.2, 0) is 10.0 Å². The fraction of sp³-hybridized carbons (Fsp3) is 0.294. The van der Waals surface area contributed by atoms with E-state index in [0.29, 0.717) is 5.82 Å². The molecular formula is C17H21N3O4S. The first kappa shape index (κ1) is 18.9. The molecule has 2 rings (SSSR count). The third-order valence-electron chi connectivity index (χ3n) is 3.26. The standard InChI is InChI=1S/C17H21N3O4S/c1-11(2)20-25(22,23)15-9-13(6-7-14(15)24-4)17(21)19-16-8-5-12(3)10-18-16/h5-11,20H,1-4H3,(H,18,19,21). The van der Waals surface area contributed by atoms with E-state index in [1.54, 1.807) is 26.1 Å². The number of anilines is 1. The van der Waals surface area contributed by atoms with E-state index in [0.717, 1.165) is 5.56 Å². The van der Waals surface area contributed by atoms with Crippen LogP contribution in [0.25, 0.3) is 0 Å². The zero-order valence-corrected chi connectivity index (χ0v) is 15.3. The molecule has 0 radical (unpaired) electrons. The van der Waals surface area contributed by atoms with E-state index in [-0.39, 0.29) is 22.3 Å². The number of ether oxygens (including phenoxy) is 1. The van der Waals surface area contributed by atoms with Gasteiger partial charge in [-0.05, 0) is 50.6 Å². The van der Waals surface area contributed by atoms with Crippen LogP contribution in [0.4, 0.5) is 5.82 Å². The molecule has 0 aliphatic carbocycles. The van der Waals surface area contributed by atoms with E-state index in [4.69, 9.17) is 4.74 Å². The van der Waals surface area contributed by atoms with E-state index in [1.165, 1.54) is 25.3 Å². The number of amides is 1. The number of methoxy groups -OCH3 is 1. The molecule has 0 saturated heterocycles. The molecule has 0 bridgehead atoms. The van der Waals surface area contributed by atoms with Crippen molar-refractivity contribution in [1.29, 1.82) is 0 Å². The molecule has 0 aliphatic heterocycles. The quantitative estimate of drug-likeness (QED) is 0.821. The lowest BCUT2D eigenvalue weighted by Gasteiger charge is -2.14. The molecule has 134 valence electrons. The third-order valence-corrected chi connectivity index (χ3v) is 4.94. The number of rotatable bonds is 6. The molecule has 2 N–H and O–H groups in total. The monoisotopic (exact) mass is 363 g/mol. The second kappa shape index (κ2) is 7.62. The van der Waals surface area contributed by atoms with Gasteiger partial charge in [-0.2, -0.15) is 0 Å². The van der Waals surface area contributed by atoms with Gasteiger partial charge in [0, 0.05) is 17.8 Å². The summed E-state index contributed by atoms with van der Waals surface area (Å²) < 4.78 is 32.5. The largest absolute Gasteiger partial charge is 0.495 e. The highest BCUT2D eigenvalue weighted by molar-refractivity contribution is 7.89. The molecule has 0 atom stereocenters. The summed E-state index contributed by atoms with van der Waals surface area (Å²) in [7, 11) is -2.43. The Bertz CT molecular complexity index is 862. The number of aromatic nitrogens is 1. The van der Waals surface area contributed by atoms with Gasteiger partial charge in [0.1, 0.15) is 16.5 Å². The van der Waals surface area contributed by atoms with Gasteiger partial charge in [-0.15, -0.1) is 0 Å². The molecule has 1 aromatic carbocycles. The van der Waals surface area contributed by atoms with Crippen LogP contribution in [0.15, 0.2) is 41.4 Å².